The molecule has 1 aromatic carbocycles. The monoisotopic (exact) mass is 328 g/mol. The number of aliphatic hydroxyl groups is 1. The van der Waals surface area contributed by atoms with Gasteiger partial charge in [-0.3, -0.25) is 4.90 Å². The number of benzene rings is 1. The van der Waals surface area contributed by atoms with Crippen LogP contribution in [0.4, 0.5) is 14.5 Å². The fraction of sp³-hybridized carbons (Fsp3) is 0.647. The van der Waals surface area contributed by atoms with E-state index in [4.69, 9.17) is 5.73 Å². The Morgan fingerprint density at radius 2 is 2.17 bits per heavy atom. The van der Waals surface area contributed by atoms with E-state index in [0.717, 1.165) is 25.9 Å². The number of rotatable bonds is 6. The van der Waals surface area contributed by atoms with Gasteiger partial charge in [0.05, 0.1) is 0 Å². The number of nitrogens with two attached hydrogens (primary N) is 1. The summed E-state index contributed by atoms with van der Waals surface area (Å²) < 4.78 is 29.7. The van der Waals surface area contributed by atoms with Gasteiger partial charge in [-0.05, 0) is 36.8 Å². The molecule has 1 aromatic rings. The first-order chi connectivity index (χ1) is 10.8. The molecular formula is C17H26F2N2O2. The zero-order valence-electron chi connectivity index (χ0n) is 13.8. The number of alkyl halides is 2. The molecule has 0 spiro atoms. The summed E-state index contributed by atoms with van der Waals surface area (Å²) in [5, 5.41) is 9.56. The summed E-state index contributed by atoms with van der Waals surface area (Å²) in [6.45, 7) is 3.71. The van der Waals surface area contributed by atoms with E-state index >= 15 is 0 Å². The zero-order chi connectivity index (χ0) is 17.0. The molecule has 0 radical (unpaired) electrons. The van der Waals surface area contributed by atoms with Crippen LogP contribution in [0.3, 0.4) is 0 Å². The van der Waals surface area contributed by atoms with Gasteiger partial charge in [0.25, 0.3) is 0 Å². The van der Waals surface area contributed by atoms with Crippen molar-refractivity contribution < 1.29 is 18.6 Å². The van der Waals surface area contributed by atoms with Crippen LogP contribution in [0.2, 0.25) is 0 Å². The zero-order valence-corrected chi connectivity index (χ0v) is 13.8. The Bertz CT molecular complexity index is 523. The SMILES string of the molecule is CC(C)(CO)[C@H]1CCCN(Cc2ccc(N)cc2OC(F)F)C1. The molecule has 3 N–H and O–H groups in total. The van der Waals surface area contributed by atoms with Crippen molar-refractivity contribution in [1.82, 2.24) is 4.90 Å². The Labute approximate surface area is 136 Å². The van der Waals surface area contributed by atoms with Crippen molar-refractivity contribution >= 4 is 5.69 Å². The predicted octanol–water partition coefficient (Wildman–Crippen LogP) is 3.10. The second-order valence-corrected chi connectivity index (χ2v) is 6.97. The van der Waals surface area contributed by atoms with E-state index in [2.05, 4.69) is 23.5 Å². The molecule has 130 valence electrons. The Morgan fingerprint density at radius 1 is 1.43 bits per heavy atom. The molecule has 23 heavy (non-hydrogen) atoms. The molecule has 1 aliphatic rings. The first kappa shape index (κ1) is 17.9. The van der Waals surface area contributed by atoms with Crippen LogP contribution in [0, 0.1) is 11.3 Å². The van der Waals surface area contributed by atoms with E-state index in [-0.39, 0.29) is 17.8 Å². The molecule has 0 bridgehead atoms. The summed E-state index contributed by atoms with van der Waals surface area (Å²) in [7, 11) is 0. The molecule has 6 heteroatoms. The first-order valence-electron chi connectivity index (χ1n) is 7.98. The van der Waals surface area contributed by atoms with Gasteiger partial charge in [-0.2, -0.15) is 8.78 Å². The molecule has 1 atom stereocenters. The molecule has 1 aliphatic heterocycles. The van der Waals surface area contributed by atoms with Crippen LogP contribution in [-0.4, -0.2) is 36.3 Å². The van der Waals surface area contributed by atoms with Crippen LogP contribution in [-0.2, 0) is 6.54 Å². The predicted molar refractivity (Wildman–Crippen MR) is 86.4 cm³/mol. The summed E-state index contributed by atoms with van der Waals surface area (Å²) in [4.78, 5) is 2.23. The summed E-state index contributed by atoms with van der Waals surface area (Å²) in [5.74, 6) is 0.526. The number of hydrogen-bond acceptors (Lipinski definition) is 4. The largest absolute Gasteiger partial charge is 0.434 e. The quantitative estimate of drug-likeness (QED) is 0.788. The smallest absolute Gasteiger partial charge is 0.387 e. The molecular weight excluding hydrogens is 302 g/mol. The summed E-state index contributed by atoms with van der Waals surface area (Å²) in [6.07, 6.45) is 2.11. The number of anilines is 1. The van der Waals surface area contributed by atoms with E-state index in [1.807, 2.05) is 0 Å². The Kier molecular flexibility index (Phi) is 5.81. The highest BCUT2D eigenvalue weighted by Crippen LogP contribution is 2.34. The summed E-state index contributed by atoms with van der Waals surface area (Å²) >= 11 is 0. The van der Waals surface area contributed by atoms with Gasteiger partial charge < -0.3 is 15.6 Å². The topological polar surface area (TPSA) is 58.7 Å². The van der Waals surface area contributed by atoms with Crippen molar-refractivity contribution in [3.05, 3.63) is 23.8 Å². The minimum absolute atomic E-state index is 0.137. The Morgan fingerprint density at radius 3 is 2.83 bits per heavy atom. The lowest BCUT2D eigenvalue weighted by Crippen LogP contribution is -2.42. The third-order valence-corrected chi connectivity index (χ3v) is 4.72. The first-order valence-corrected chi connectivity index (χ1v) is 7.98. The second kappa shape index (κ2) is 7.45. The standard InChI is InChI=1S/C17H26F2N2O2/c1-17(2,11-22)13-4-3-7-21(10-13)9-12-5-6-14(20)8-15(12)23-16(18)19/h5-6,8,13,16,22H,3-4,7,9-11,20H2,1-2H3/t13-/m0/s1. The van der Waals surface area contributed by atoms with E-state index in [0.29, 0.717) is 23.7 Å². The van der Waals surface area contributed by atoms with Gasteiger partial charge in [0.2, 0.25) is 0 Å². The lowest BCUT2D eigenvalue weighted by atomic mass is 9.75. The molecule has 0 unspecified atom stereocenters. The maximum absolute atomic E-state index is 12.6. The second-order valence-electron chi connectivity index (χ2n) is 6.97. The number of piperidine rings is 1. The molecule has 0 saturated carbocycles. The van der Waals surface area contributed by atoms with Gasteiger partial charge in [0.1, 0.15) is 5.75 Å². The van der Waals surface area contributed by atoms with E-state index < -0.39 is 6.61 Å². The van der Waals surface area contributed by atoms with E-state index in [9.17, 15) is 13.9 Å². The van der Waals surface area contributed by atoms with Gasteiger partial charge in [0.15, 0.2) is 0 Å². The fourth-order valence-corrected chi connectivity index (χ4v) is 3.11. The summed E-state index contributed by atoms with van der Waals surface area (Å²) in [5.41, 5.74) is 6.65. The van der Waals surface area contributed by atoms with E-state index in [1.54, 1.807) is 12.1 Å². The van der Waals surface area contributed by atoms with Gasteiger partial charge in [-0.25, -0.2) is 0 Å². The average molecular weight is 328 g/mol. The normalized spacial score (nSPS) is 20.0. The van der Waals surface area contributed by atoms with Gasteiger partial charge >= 0.3 is 6.61 Å². The lowest BCUT2D eigenvalue weighted by Gasteiger charge is -2.40. The molecule has 0 aliphatic carbocycles. The molecule has 4 nitrogen and oxygen atoms in total. The highest BCUT2D eigenvalue weighted by Gasteiger charge is 2.32. The van der Waals surface area contributed by atoms with E-state index in [1.165, 1.54) is 6.07 Å². The fourth-order valence-electron chi connectivity index (χ4n) is 3.11. The highest BCUT2D eigenvalue weighted by atomic mass is 19.3. The van der Waals surface area contributed by atoms with Crippen molar-refractivity contribution in [3.8, 4) is 5.75 Å². The van der Waals surface area contributed by atoms with Crippen molar-refractivity contribution in [3.63, 3.8) is 0 Å². The van der Waals surface area contributed by atoms with Crippen molar-refractivity contribution in [2.45, 2.75) is 39.8 Å². The molecule has 2 rings (SSSR count). The number of nitrogens with zero attached hydrogens (tertiary/aromatic N) is 1. The van der Waals surface area contributed by atoms with Crippen LogP contribution in [0.1, 0.15) is 32.3 Å². The number of halogens is 2. The highest BCUT2D eigenvalue weighted by molar-refractivity contribution is 5.48. The maximum Gasteiger partial charge on any atom is 0.387 e. The number of hydrogen-bond donors (Lipinski definition) is 2. The Balaban J connectivity index is 2.09. The Hall–Kier alpha value is -1.40. The lowest BCUT2D eigenvalue weighted by molar-refractivity contribution is -0.0509. The number of ether oxygens (including phenoxy) is 1. The van der Waals surface area contributed by atoms with Crippen molar-refractivity contribution in [1.29, 1.82) is 0 Å². The van der Waals surface area contributed by atoms with Gasteiger partial charge in [-0.15, -0.1) is 0 Å². The summed E-state index contributed by atoms with van der Waals surface area (Å²) in [6, 6.07) is 4.89. The third kappa shape index (κ3) is 4.78. The minimum atomic E-state index is -2.86. The molecule has 1 heterocycles. The number of likely N-dealkylation sites (tertiary alicyclic amines) is 1. The minimum Gasteiger partial charge on any atom is -0.434 e. The van der Waals surface area contributed by atoms with Crippen LogP contribution < -0.4 is 10.5 Å². The van der Waals surface area contributed by atoms with Crippen LogP contribution in [0.25, 0.3) is 0 Å². The van der Waals surface area contributed by atoms with Gasteiger partial charge in [-0.1, -0.05) is 19.9 Å². The number of aliphatic hydroxyl groups excluding tert-OH is 1. The van der Waals surface area contributed by atoms with Gasteiger partial charge in [0, 0.05) is 37.0 Å². The molecule has 1 saturated heterocycles. The van der Waals surface area contributed by atoms with Crippen LogP contribution >= 0.6 is 0 Å². The molecule has 1 fully saturated rings. The van der Waals surface area contributed by atoms with Crippen LogP contribution in [0.15, 0.2) is 18.2 Å². The maximum atomic E-state index is 12.6. The van der Waals surface area contributed by atoms with Crippen molar-refractivity contribution in [2.24, 2.45) is 11.3 Å². The average Bonchev–Trinajstić information content (AvgIpc) is 2.50. The molecule has 0 aromatic heterocycles. The third-order valence-electron chi connectivity index (χ3n) is 4.72. The van der Waals surface area contributed by atoms with Crippen molar-refractivity contribution in [2.75, 3.05) is 25.4 Å². The number of nitrogen functional groups attached to an aromatic ring is 1. The van der Waals surface area contributed by atoms with Crippen LogP contribution in [0.5, 0.6) is 5.75 Å². The molecule has 0 amide bonds.